The highest BCUT2D eigenvalue weighted by molar-refractivity contribution is 6.05. The standard InChI is InChI=1S/C10H14N4O2/c1-6(10(15)16)8-3-7-4-11-5-12-9(7)14(2)13-8/h4,6,12H,3,5H2,1-2H3,(H,15,16). The summed E-state index contributed by atoms with van der Waals surface area (Å²) in [7, 11) is 1.80. The van der Waals surface area contributed by atoms with Crippen LogP contribution >= 0.6 is 0 Å². The third-order valence-corrected chi connectivity index (χ3v) is 2.73. The Morgan fingerprint density at radius 3 is 3.12 bits per heavy atom. The number of rotatable bonds is 2. The first-order chi connectivity index (χ1) is 7.59. The first kappa shape index (κ1) is 10.7. The summed E-state index contributed by atoms with van der Waals surface area (Å²) in [6.45, 7) is 2.19. The average molecular weight is 222 g/mol. The van der Waals surface area contributed by atoms with E-state index in [0.29, 0.717) is 18.8 Å². The second-order valence-electron chi connectivity index (χ2n) is 3.87. The molecule has 0 aromatic heterocycles. The topological polar surface area (TPSA) is 77.3 Å². The molecule has 1 unspecified atom stereocenters. The van der Waals surface area contributed by atoms with E-state index in [1.165, 1.54) is 0 Å². The van der Waals surface area contributed by atoms with Crippen LogP contribution in [-0.4, -0.2) is 41.7 Å². The van der Waals surface area contributed by atoms with E-state index in [0.717, 1.165) is 11.4 Å². The van der Waals surface area contributed by atoms with Crippen molar-refractivity contribution in [3.63, 3.8) is 0 Å². The lowest BCUT2D eigenvalue weighted by atomic mass is 9.97. The summed E-state index contributed by atoms with van der Waals surface area (Å²) in [5.41, 5.74) is 1.65. The number of carboxylic acid groups (broad SMARTS) is 1. The molecule has 0 fully saturated rings. The SMILES string of the molecule is CC(C(=O)O)C1=NN(C)C2=C(C=NCN2)C1. The van der Waals surface area contributed by atoms with Crippen molar-refractivity contribution in [1.29, 1.82) is 0 Å². The van der Waals surface area contributed by atoms with Gasteiger partial charge in [0, 0.05) is 25.3 Å². The molecule has 2 rings (SSSR count). The molecule has 0 aromatic rings. The Morgan fingerprint density at radius 1 is 1.69 bits per heavy atom. The largest absolute Gasteiger partial charge is 0.481 e. The molecule has 0 aliphatic carbocycles. The highest BCUT2D eigenvalue weighted by Crippen LogP contribution is 2.21. The highest BCUT2D eigenvalue weighted by Gasteiger charge is 2.26. The van der Waals surface area contributed by atoms with E-state index in [-0.39, 0.29) is 0 Å². The molecule has 2 N–H and O–H groups in total. The second kappa shape index (κ2) is 3.96. The summed E-state index contributed by atoms with van der Waals surface area (Å²) in [5, 5.41) is 18.0. The minimum absolute atomic E-state index is 0.544. The van der Waals surface area contributed by atoms with Gasteiger partial charge in [0.1, 0.15) is 12.5 Å². The normalized spacial score (nSPS) is 21.1. The van der Waals surface area contributed by atoms with E-state index >= 15 is 0 Å². The number of hydrazone groups is 1. The Morgan fingerprint density at radius 2 is 2.44 bits per heavy atom. The maximum Gasteiger partial charge on any atom is 0.312 e. The minimum atomic E-state index is -0.850. The molecule has 0 aromatic carbocycles. The minimum Gasteiger partial charge on any atom is -0.481 e. The summed E-state index contributed by atoms with van der Waals surface area (Å²) >= 11 is 0. The van der Waals surface area contributed by atoms with E-state index < -0.39 is 11.9 Å². The van der Waals surface area contributed by atoms with Gasteiger partial charge in [-0.2, -0.15) is 5.10 Å². The molecule has 6 nitrogen and oxygen atoms in total. The van der Waals surface area contributed by atoms with E-state index in [4.69, 9.17) is 5.11 Å². The van der Waals surface area contributed by atoms with Crippen LogP contribution in [0.1, 0.15) is 13.3 Å². The summed E-state index contributed by atoms with van der Waals surface area (Å²) in [4.78, 5) is 15.0. The summed E-state index contributed by atoms with van der Waals surface area (Å²) in [5.74, 6) is -0.500. The molecule has 6 heteroatoms. The third kappa shape index (κ3) is 1.78. The zero-order valence-corrected chi connectivity index (χ0v) is 9.27. The molecule has 0 spiro atoms. The molecular weight excluding hydrogens is 208 g/mol. The summed E-state index contributed by atoms with van der Waals surface area (Å²) in [6, 6.07) is 0. The fourth-order valence-corrected chi connectivity index (χ4v) is 1.76. The van der Waals surface area contributed by atoms with Crippen molar-refractivity contribution >= 4 is 17.9 Å². The maximum absolute atomic E-state index is 10.9. The highest BCUT2D eigenvalue weighted by atomic mass is 16.4. The summed E-state index contributed by atoms with van der Waals surface area (Å²) in [6.07, 6.45) is 2.33. The van der Waals surface area contributed by atoms with Gasteiger partial charge in [-0.25, -0.2) is 0 Å². The molecule has 1 atom stereocenters. The van der Waals surface area contributed by atoms with Crippen LogP contribution in [0.4, 0.5) is 0 Å². The fraction of sp³-hybridized carbons (Fsp3) is 0.500. The molecule has 2 aliphatic rings. The third-order valence-electron chi connectivity index (χ3n) is 2.73. The van der Waals surface area contributed by atoms with Gasteiger partial charge < -0.3 is 10.4 Å². The predicted octanol–water partition coefficient (Wildman–Crippen LogP) is 0.242. The number of aliphatic imine (C=N–C) groups is 1. The van der Waals surface area contributed by atoms with Crippen molar-refractivity contribution in [3.8, 4) is 0 Å². The Kier molecular flexibility index (Phi) is 2.64. The van der Waals surface area contributed by atoms with E-state index in [1.807, 2.05) is 0 Å². The zero-order chi connectivity index (χ0) is 11.7. The van der Waals surface area contributed by atoms with Crippen molar-refractivity contribution in [2.45, 2.75) is 13.3 Å². The van der Waals surface area contributed by atoms with Gasteiger partial charge in [-0.05, 0) is 6.92 Å². The molecular formula is C10H14N4O2. The van der Waals surface area contributed by atoms with Gasteiger partial charge in [-0.1, -0.05) is 0 Å². The van der Waals surface area contributed by atoms with Gasteiger partial charge >= 0.3 is 5.97 Å². The molecule has 0 radical (unpaired) electrons. The van der Waals surface area contributed by atoms with Crippen molar-refractivity contribution in [3.05, 3.63) is 11.4 Å². The molecule has 0 saturated carbocycles. The molecule has 0 bridgehead atoms. The number of nitrogens with one attached hydrogen (secondary N) is 1. The van der Waals surface area contributed by atoms with Gasteiger partial charge in [-0.3, -0.25) is 14.8 Å². The molecule has 0 saturated heterocycles. The molecule has 2 aliphatic heterocycles. The number of allylic oxidation sites excluding steroid dienone is 1. The fourth-order valence-electron chi connectivity index (χ4n) is 1.76. The number of carbonyl (C=O) groups is 1. The average Bonchev–Trinajstić information content (AvgIpc) is 2.28. The first-order valence-corrected chi connectivity index (χ1v) is 5.10. The van der Waals surface area contributed by atoms with Crippen LogP contribution in [0, 0.1) is 5.92 Å². The van der Waals surface area contributed by atoms with Gasteiger partial charge in [0.2, 0.25) is 0 Å². The van der Waals surface area contributed by atoms with Crippen LogP contribution in [-0.2, 0) is 4.79 Å². The predicted molar refractivity (Wildman–Crippen MR) is 60.1 cm³/mol. The van der Waals surface area contributed by atoms with E-state index in [2.05, 4.69) is 15.4 Å². The van der Waals surface area contributed by atoms with Crippen LogP contribution in [0.2, 0.25) is 0 Å². The van der Waals surface area contributed by atoms with Crippen molar-refractivity contribution in [2.24, 2.45) is 16.0 Å². The number of carboxylic acids is 1. The lowest BCUT2D eigenvalue weighted by Crippen LogP contribution is -2.36. The Hall–Kier alpha value is -1.85. The number of hydrogen-bond donors (Lipinski definition) is 2. The smallest absolute Gasteiger partial charge is 0.312 e. The zero-order valence-electron chi connectivity index (χ0n) is 9.27. The second-order valence-corrected chi connectivity index (χ2v) is 3.87. The summed E-state index contributed by atoms with van der Waals surface area (Å²) < 4.78 is 0. The first-order valence-electron chi connectivity index (χ1n) is 5.10. The lowest BCUT2D eigenvalue weighted by molar-refractivity contribution is -0.138. The van der Waals surface area contributed by atoms with E-state index in [1.54, 1.807) is 25.2 Å². The van der Waals surface area contributed by atoms with Crippen molar-refractivity contribution in [1.82, 2.24) is 10.3 Å². The van der Waals surface area contributed by atoms with Crippen LogP contribution in [0.3, 0.4) is 0 Å². The quantitative estimate of drug-likeness (QED) is 0.701. The maximum atomic E-state index is 10.9. The van der Waals surface area contributed by atoms with Gasteiger partial charge in [0.25, 0.3) is 0 Å². The number of aliphatic carboxylic acids is 1. The van der Waals surface area contributed by atoms with Gasteiger partial charge in [-0.15, -0.1) is 0 Å². The molecule has 2 heterocycles. The van der Waals surface area contributed by atoms with Gasteiger partial charge in [0.05, 0.1) is 11.6 Å². The van der Waals surface area contributed by atoms with Crippen LogP contribution < -0.4 is 5.32 Å². The molecule has 86 valence electrons. The molecule has 0 amide bonds. The van der Waals surface area contributed by atoms with Crippen LogP contribution in [0.15, 0.2) is 21.5 Å². The Labute approximate surface area is 93.3 Å². The monoisotopic (exact) mass is 222 g/mol. The van der Waals surface area contributed by atoms with Crippen LogP contribution in [0.25, 0.3) is 0 Å². The van der Waals surface area contributed by atoms with E-state index in [9.17, 15) is 4.79 Å². The van der Waals surface area contributed by atoms with Crippen LogP contribution in [0.5, 0.6) is 0 Å². The number of nitrogens with zero attached hydrogens (tertiary/aromatic N) is 3. The van der Waals surface area contributed by atoms with Crippen molar-refractivity contribution in [2.75, 3.05) is 13.7 Å². The Balaban J connectivity index is 2.23. The lowest BCUT2D eigenvalue weighted by Gasteiger charge is -2.29. The molecule has 16 heavy (non-hydrogen) atoms. The van der Waals surface area contributed by atoms with Gasteiger partial charge in [0.15, 0.2) is 0 Å². The van der Waals surface area contributed by atoms with Crippen molar-refractivity contribution < 1.29 is 9.90 Å². The Bertz CT molecular complexity index is 411. The number of hydrogen-bond acceptors (Lipinski definition) is 5.